The van der Waals surface area contributed by atoms with Crippen molar-refractivity contribution in [3.05, 3.63) is 118 Å². The van der Waals surface area contributed by atoms with Gasteiger partial charge in [-0.25, -0.2) is 23.8 Å². The first-order chi connectivity index (χ1) is 24.6. The molecule has 4 heterocycles. The zero-order chi connectivity index (χ0) is 35.8. The zero-order valence-corrected chi connectivity index (χ0v) is 28.4. The van der Waals surface area contributed by atoms with E-state index in [1.807, 2.05) is 24.1 Å². The molecule has 2 fully saturated rings. The standard InChI is InChI=1S/C36H33ClFN7O6/c1-42-14-13-39-33(42)32-40-29(30(35(48)50-2)31(41-32)27-12-5-22(38)17-28(27)37)20-43-15-16-44-24(18-43)19-45(36(44)49)23-6-10-26(11-7-23)51-25-8-3-21(4-9-25)34(46)47/h3-14,17,24,31H,15-16,18-20H2,1-2H3,(H,40,41)(H,46,47)/t24-,31?/m0/s1. The van der Waals surface area contributed by atoms with Gasteiger partial charge in [-0.15, -0.1) is 0 Å². The highest BCUT2D eigenvalue weighted by molar-refractivity contribution is 6.31. The molecule has 0 bridgehead atoms. The third-order valence-electron chi connectivity index (χ3n) is 9.13. The first-order valence-electron chi connectivity index (χ1n) is 16.1. The third-order valence-corrected chi connectivity index (χ3v) is 9.45. The summed E-state index contributed by atoms with van der Waals surface area (Å²) >= 11 is 6.52. The largest absolute Gasteiger partial charge is 0.478 e. The molecule has 262 valence electrons. The summed E-state index contributed by atoms with van der Waals surface area (Å²) in [6, 6.07) is 16.1. The Bertz CT molecular complexity index is 2070. The summed E-state index contributed by atoms with van der Waals surface area (Å²) in [5.41, 5.74) is 2.12. The molecule has 2 N–H and O–H groups in total. The van der Waals surface area contributed by atoms with Crippen molar-refractivity contribution in [3.63, 3.8) is 0 Å². The molecule has 7 rings (SSSR count). The number of carbonyl (C=O) groups excluding carboxylic acids is 2. The van der Waals surface area contributed by atoms with E-state index in [2.05, 4.69) is 15.2 Å². The number of carboxylic acid groups (broad SMARTS) is 1. The average Bonchev–Trinajstić information content (AvgIpc) is 3.70. The van der Waals surface area contributed by atoms with Crippen LogP contribution in [0.15, 0.2) is 95.4 Å². The number of hydrogen-bond acceptors (Lipinski definition) is 9. The number of halogens is 2. The average molecular weight is 714 g/mol. The number of methoxy groups -OCH3 is 1. The lowest BCUT2D eigenvalue weighted by atomic mass is 9.95. The highest BCUT2D eigenvalue weighted by Gasteiger charge is 2.42. The maximum absolute atomic E-state index is 14.1. The van der Waals surface area contributed by atoms with Crippen LogP contribution in [0, 0.1) is 5.82 Å². The highest BCUT2D eigenvalue weighted by atomic mass is 35.5. The van der Waals surface area contributed by atoms with Gasteiger partial charge >= 0.3 is 18.0 Å². The lowest BCUT2D eigenvalue weighted by molar-refractivity contribution is -0.136. The van der Waals surface area contributed by atoms with Crippen molar-refractivity contribution >= 4 is 41.1 Å². The van der Waals surface area contributed by atoms with Crippen molar-refractivity contribution in [2.24, 2.45) is 12.0 Å². The number of ether oxygens (including phenoxy) is 2. The van der Waals surface area contributed by atoms with Crippen LogP contribution in [0.4, 0.5) is 14.9 Å². The van der Waals surface area contributed by atoms with Crippen LogP contribution in [0.3, 0.4) is 0 Å². The van der Waals surface area contributed by atoms with E-state index in [1.165, 1.54) is 37.4 Å². The van der Waals surface area contributed by atoms with Crippen molar-refractivity contribution in [2.75, 3.05) is 44.7 Å². The molecule has 3 aliphatic rings. The fraction of sp³-hybridized carbons (Fsp3) is 0.250. The SMILES string of the molecule is COC(=O)C1=C(CN2CCN3C(=O)N(c4ccc(Oc5ccc(C(=O)O)cc5)cc4)C[C@@H]3C2)NC(c2nccn2C)=NC1c1ccc(F)cc1Cl. The number of aromatic nitrogens is 2. The van der Waals surface area contributed by atoms with E-state index in [9.17, 15) is 18.8 Å². The van der Waals surface area contributed by atoms with E-state index < -0.39 is 23.8 Å². The van der Waals surface area contributed by atoms with E-state index in [0.717, 1.165) is 0 Å². The summed E-state index contributed by atoms with van der Waals surface area (Å²) in [5, 5.41) is 12.6. The number of amidine groups is 1. The Morgan fingerprint density at radius 3 is 2.41 bits per heavy atom. The minimum atomic E-state index is -1.01. The van der Waals surface area contributed by atoms with Gasteiger partial charge in [0, 0.05) is 74.1 Å². The van der Waals surface area contributed by atoms with E-state index in [0.29, 0.717) is 72.8 Å². The minimum absolute atomic E-state index is 0.0990. The Kier molecular flexibility index (Phi) is 9.19. The molecule has 2 atom stereocenters. The van der Waals surface area contributed by atoms with Gasteiger partial charge < -0.3 is 29.4 Å². The maximum Gasteiger partial charge on any atom is 0.338 e. The molecule has 51 heavy (non-hydrogen) atoms. The molecule has 2 saturated heterocycles. The fourth-order valence-corrected chi connectivity index (χ4v) is 6.85. The number of anilines is 1. The number of nitrogens with zero attached hydrogens (tertiary/aromatic N) is 6. The van der Waals surface area contributed by atoms with Crippen LogP contribution in [0.1, 0.15) is 27.8 Å². The predicted molar refractivity (Wildman–Crippen MR) is 186 cm³/mol. The van der Waals surface area contributed by atoms with Gasteiger partial charge in [0.2, 0.25) is 0 Å². The van der Waals surface area contributed by atoms with Crippen molar-refractivity contribution in [2.45, 2.75) is 12.1 Å². The Morgan fingerprint density at radius 1 is 1.04 bits per heavy atom. The summed E-state index contributed by atoms with van der Waals surface area (Å²) in [6.45, 7) is 2.31. The number of esters is 1. The number of fused-ring (bicyclic) bond motifs is 1. The van der Waals surface area contributed by atoms with Gasteiger partial charge in [0.05, 0.1) is 24.3 Å². The summed E-state index contributed by atoms with van der Waals surface area (Å²) < 4.78 is 26.9. The number of aliphatic imine (C=N–C) groups is 1. The normalized spacial score (nSPS) is 19.1. The van der Waals surface area contributed by atoms with Gasteiger partial charge in [-0.2, -0.15) is 0 Å². The lowest BCUT2D eigenvalue weighted by Crippen LogP contribution is -2.53. The molecule has 1 aromatic heterocycles. The van der Waals surface area contributed by atoms with Crippen molar-refractivity contribution in [1.82, 2.24) is 24.7 Å². The van der Waals surface area contributed by atoms with Crippen LogP contribution >= 0.6 is 11.6 Å². The molecule has 15 heteroatoms. The zero-order valence-electron chi connectivity index (χ0n) is 27.6. The van der Waals surface area contributed by atoms with E-state index in [1.54, 1.807) is 46.1 Å². The molecule has 3 aliphatic heterocycles. The second-order valence-electron chi connectivity index (χ2n) is 12.3. The Balaban J connectivity index is 1.10. The van der Waals surface area contributed by atoms with E-state index >= 15 is 0 Å². The first kappa shape index (κ1) is 33.8. The van der Waals surface area contributed by atoms with Gasteiger partial charge in [0.25, 0.3) is 0 Å². The number of amides is 2. The molecular formula is C36H33ClFN7O6. The van der Waals surface area contributed by atoms with Gasteiger partial charge in [-0.1, -0.05) is 17.7 Å². The van der Waals surface area contributed by atoms with Crippen LogP contribution in [-0.2, 0) is 16.6 Å². The number of benzene rings is 3. The first-order valence-corrected chi connectivity index (χ1v) is 16.5. The number of rotatable bonds is 9. The molecule has 0 aliphatic carbocycles. The molecule has 1 unspecified atom stereocenters. The Morgan fingerprint density at radius 2 is 1.76 bits per heavy atom. The number of aryl methyl sites for hydroxylation is 1. The number of piperazine rings is 1. The number of carbonyl (C=O) groups is 3. The number of nitrogens with one attached hydrogen (secondary N) is 1. The second-order valence-corrected chi connectivity index (χ2v) is 12.7. The summed E-state index contributed by atoms with van der Waals surface area (Å²) in [4.78, 5) is 53.1. The molecule has 3 aromatic carbocycles. The minimum Gasteiger partial charge on any atom is -0.478 e. The van der Waals surface area contributed by atoms with Crippen LogP contribution in [0.2, 0.25) is 5.02 Å². The second kappa shape index (κ2) is 13.9. The number of urea groups is 1. The molecule has 0 radical (unpaired) electrons. The Labute approximate surface area is 297 Å². The Hall–Kier alpha value is -5.73. The van der Waals surface area contributed by atoms with Crippen LogP contribution in [-0.4, -0.2) is 94.1 Å². The van der Waals surface area contributed by atoms with Crippen LogP contribution in [0.25, 0.3) is 0 Å². The number of imidazole rings is 1. The molecule has 0 spiro atoms. The predicted octanol–water partition coefficient (Wildman–Crippen LogP) is 4.85. The monoisotopic (exact) mass is 713 g/mol. The van der Waals surface area contributed by atoms with Crippen molar-refractivity contribution in [3.8, 4) is 11.5 Å². The van der Waals surface area contributed by atoms with Crippen LogP contribution < -0.4 is 15.0 Å². The molecule has 4 aromatic rings. The smallest absolute Gasteiger partial charge is 0.338 e. The van der Waals surface area contributed by atoms with E-state index in [-0.39, 0.29) is 28.2 Å². The topological polar surface area (TPSA) is 142 Å². The maximum atomic E-state index is 14.1. The van der Waals surface area contributed by atoms with Gasteiger partial charge in [0.1, 0.15) is 23.4 Å². The van der Waals surface area contributed by atoms with Crippen molar-refractivity contribution in [1.29, 1.82) is 0 Å². The van der Waals surface area contributed by atoms with Gasteiger partial charge in [-0.05, 0) is 60.7 Å². The molecule has 13 nitrogen and oxygen atoms in total. The summed E-state index contributed by atoms with van der Waals surface area (Å²) in [6.07, 6.45) is 3.42. The lowest BCUT2D eigenvalue weighted by Gasteiger charge is -2.38. The van der Waals surface area contributed by atoms with Gasteiger partial charge in [-0.3, -0.25) is 14.8 Å². The quantitative estimate of drug-likeness (QED) is 0.233. The highest BCUT2D eigenvalue weighted by Crippen LogP contribution is 2.37. The summed E-state index contributed by atoms with van der Waals surface area (Å²) in [5.74, 6) is -0.140. The van der Waals surface area contributed by atoms with E-state index in [4.69, 9.17) is 31.2 Å². The van der Waals surface area contributed by atoms with Crippen molar-refractivity contribution < 1.29 is 33.4 Å². The number of hydrogen-bond donors (Lipinski definition) is 2. The molecule has 2 amide bonds. The third kappa shape index (κ3) is 6.75. The van der Waals surface area contributed by atoms with Crippen LogP contribution in [0.5, 0.6) is 11.5 Å². The van der Waals surface area contributed by atoms with Gasteiger partial charge in [0.15, 0.2) is 11.7 Å². The molecule has 0 saturated carbocycles. The number of aromatic carboxylic acids is 1. The summed E-state index contributed by atoms with van der Waals surface area (Å²) in [7, 11) is 3.12. The number of carboxylic acids is 1. The molecular weight excluding hydrogens is 681 g/mol. The fourth-order valence-electron chi connectivity index (χ4n) is 6.58.